The predicted octanol–water partition coefficient (Wildman–Crippen LogP) is 0.939. The minimum atomic E-state index is -0.388. The molecule has 6 heteroatoms. The highest BCUT2D eigenvalue weighted by molar-refractivity contribution is 6.02. The van der Waals surface area contributed by atoms with Crippen molar-refractivity contribution in [2.45, 2.75) is 0 Å². The zero-order valence-corrected chi connectivity index (χ0v) is 9.08. The van der Waals surface area contributed by atoms with E-state index in [2.05, 4.69) is 15.4 Å². The smallest absolute Gasteiger partial charge is 0.275 e. The van der Waals surface area contributed by atoms with Gasteiger partial charge in [-0.25, -0.2) is 0 Å². The Morgan fingerprint density at radius 2 is 2.35 bits per heavy atom. The van der Waals surface area contributed by atoms with Crippen LogP contribution in [0.2, 0.25) is 0 Å². The van der Waals surface area contributed by atoms with Crippen molar-refractivity contribution < 1.29 is 4.79 Å². The third kappa shape index (κ3) is 2.29. The highest BCUT2D eigenvalue weighted by atomic mass is 16.1. The van der Waals surface area contributed by atoms with Gasteiger partial charge >= 0.3 is 0 Å². The highest BCUT2D eigenvalue weighted by Crippen LogP contribution is 2.11. The van der Waals surface area contributed by atoms with Gasteiger partial charge in [0.15, 0.2) is 5.82 Å². The van der Waals surface area contributed by atoms with Gasteiger partial charge in [-0.2, -0.15) is 10.4 Å². The number of carbonyl (C=O) groups excluding carboxylic acids is 1. The van der Waals surface area contributed by atoms with Crippen LogP contribution in [-0.4, -0.2) is 20.7 Å². The third-order valence-electron chi connectivity index (χ3n) is 2.08. The maximum atomic E-state index is 11.8. The third-order valence-corrected chi connectivity index (χ3v) is 2.08. The molecule has 84 valence electrons. The Labute approximate surface area is 97.5 Å². The summed E-state index contributed by atoms with van der Waals surface area (Å²) in [7, 11) is 1.68. The molecule has 0 aromatic carbocycles. The molecule has 0 atom stereocenters. The maximum Gasteiger partial charge on any atom is 0.275 e. The predicted molar refractivity (Wildman–Crippen MR) is 60.1 cm³/mol. The Bertz CT molecular complexity index is 582. The van der Waals surface area contributed by atoms with E-state index in [1.54, 1.807) is 25.2 Å². The number of pyridine rings is 1. The van der Waals surface area contributed by atoms with Crippen LogP contribution in [0.5, 0.6) is 0 Å². The Balaban J connectivity index is 2.22. The molecular formula is C11H9N5O. The lowest BCUT2D eigenvalue weighted by molar-refractivity contribution is 0.102. The van der Waals surface area contributed by atoms with Gasteiger partial charge in [0.05, 0.1) is 0 Å². The van der Waals surface area contributed by atoms with Gasteiger partial charge in [0, 0.05) is 19.4 Å². The van der Waals surface area contributed by atoms with Crippen molar-refractivity contribution in [2.24, 2.45) is 7.05 Å². The quantitative estimate of drug-likeness (QED) is 0.827. The first kappa shape index (κ1) is 10.8. The number of amides is 1. The lowest BCUT2D eigenvalue weighted by Crippen LogP contribution is -2.14. The second-order valence-electron chi connectivity index (χ2n) is 3.35. The largest absolute Gasteiger partial charge is 0.303 e. The van der Waals surface area contributed by atoms with E-state index >= 15 is 0 Å². The molecule has 2 aromatic rings. The van der Waals surface area contributed by atoms with Crippen molar-refractivity contribution in [3.05, 3.63) is 41.9 Å². The summed E-state index contributed by atoms with van der Waals surface area (Å²) in [6.07, 6.45) is 3.06. The Kier molecular flexibility index (Phi) is 2.83. The number of nitrogens with zero attached hydrogens (tertiary/aromatic N) is 4. The van der Waals surface area contributed by atoms with E-state index < -0.39 is 0 Å². The van der Waals surface area contributed by atoms with E-state index in [0.29, 0.717) is 5.56 Å². The molecule has 0 saturated heterocycles. The van der Waals surface area contributed by atoms with Crippen molar-refractivity contribution in [3.63, 3.8) is 0 Å². The first-order valence-electron chi connectivity index (χ1n) is 4.87. The van der Waals surface area contributed by atoms with E-state index in [-0.39, 0.29) is 17.4 Å². The first-order valence-corrected chi connectivity index (χ1v) is 4.87. The van der Waals surface area contributed by atoms with Crippen LogP contribution in [0.15, 0.2) is 30.6 Å². The number of hydrogen-bond donors (Lipinski definition) is 1. The normalized spacial score (nSPS) is 9.65. The second-order valence-corrected chi connectivity index (χ2v) is 3.35. The van der Waals surface area contributed by atoms with Gasteiger partial charge in [-0.3, -0.25) is 14.5 Å². The fourth-order valence-electron chi connectivity index (χ4n) is 1.33. The summed E-state index contributed by atoms with van der Waals surface area (Å²) in [6, 6.07) is 6.98. The lowest BCUT2D eigenvalue weighted by atomic mass is 10.3. The van der Waals surface area contributed by atoms with Crippen LogP contribution in [0.3, 0.4) is 0 Å². The molecule has 2 heterocycles. The summed E-state index contributed by atoms with van der Waals surface area (Å²) in [5.74, 6) is -0.147. The van der Waals surface area contributed by atoms with Gasteiger partial charge in [-0.05, 0) is 12.1 Å². The number of anilines is 1. The molecule has 0 aliphatic carbocycles. The van der Waals surface area contributed by atoms with Gasteiger partial charge in [-0.1, -0.05) is 6.07 Å². The molecule has 1 N–H and O–H groups in total. The maximum absolute atomic E-state index is 11.8. The molecule has 2 aromatic heterocycles. The summed E-state index contributed by atoms with van der Waals surface area (Å²) in [5, 5.41) is 15.4. The molecule has 6 nitrogen and oxygen atoms in total. The average Bonchev–Trinajstić information content (AvgIpc) is 2.70. The fourth-order valence-corrected chi connectivity index (χ4v) is 1.33. The summed E-state index contributed by atoms with van der Waals surface area (Å²) in [4.78, 5) is 15.7. The van der Waals surface area contributed by atoms with Gasteiger partial charge in [-0.15, -0.1) is 0 Å². The zero-order valence-electron chi connectivity index (χ0n) is 9.08. The minimum Gasteiger partial charge on any atom is -0.303 e. The zero-order chi connectivity index (χ0) is 12.3. The number of aryl methyl sites for hydroxylation is 1. The van der Waals surface area contributed by atoms with Gasteiger partial charge < -0.3 is 5.32 Å². The molecule has 0 saturated carbocycles. The molecular weight excluding hydrogens is 218 g/mol. The average molecular weight is 227 g/mol. The number of nitriles is 1. The van der Waals surface area contributed by atoms with E-state index in [0.717, 1.165) is 0 Å². The minimum absolute atomic E-state index is 0.241. The van der Waals surface area contributed by atoms with E-state index in [9.17, 15) is 4.79 Å². The number of rotatable bonds is 2. The summed E-state index contributed by atoms with van der Waals surface area (Å²) < 4.78 is 1.46. The molecule has 0 bridgehead atoms. The molecule has 0 unspecified atom stereocenters. The molecule has 0 aliphatic heterocycles. The Morgan fingerprint density at radius 1 is 1.53 bits per heavy atom. The molecule has 1 amide bonds. The van der Waals surface area contributed by atoms with Crippen LogP contribution < -0.4 is 5.32 Å². The van der Waals surface area contributed by atoms with Crippen molar-refractivity contribution in [3.8, 4) is 6.07 Å². The molecule has 0 fully saturated rings. The number of nitrogens with one attached hydrogen (secondary N) is 1. The van der Waals surface area contributed by atoms with E-state index in [1.165, 1.54) is 17.1 Å². The molecule has 0 aliphatic rings. The second kappa shape index (κ2) is 4.45. The van der Waals surface area contributed by atoms with Crippen LogP contribution in [0.1, 0.15) is 16.1 Å². The van der Waals surface area contributed by atoms with Crippen LogP contribution >= 0.6 is 0 Å². The van der Waals surface area contributed by atoms with E-state index in [1.807, 2.05) is 6.07 Å². The van der Waals surface area contributed by atoms with Crippen molar-refractivity contribution in [1.29, 1.82) is 5.26 Å². The van der Waals surface area contributed by atoms with Crippen LogP contribution in [0.25, 0.3) is 0 Å². The monoisotopic (exact) mass is 227 g/mol. The van der Waals surface area contributed by atoms with Gasteiger partial charge in [0.25, 0.3) is 5.91 Å². The molecule has 2 rings (SSSR count). The molecule has 0 radical (unpaired) electrons. The van der Waals surface area contributed by atoms with Crippen LogP contribution in [0, 0.1) is 11.3 Å². The van der Waals surface area contributed by atoms with Crippen molar-refractivity contribution in [2.75, 3.05) is 5.32 Å². The molecule has 17 heavy (non-hydrogen) atoms. The Morgan fingerprint density at radius 3 is 3.00 bits per heavy atom. The lowest BCUT2D eigenvalue weighted by Gasteiger charge is -2.00. The fraction of sp³-hybridized carbons (Fsp3) is 0.0909. The first-order chi connectivity index (χ1) is 8.20. The van der Waals surface area contributed by atoms with Crippen LogP contribution in [0.4, 0.5) is 5.82 Å². The van der Waals surface area contributed by atoms with Gasteiger partial charge in [0.2, 0.25) is 0 Å². The topological polar surface area (TPSA) is 83.6 Å². The molecule has 0 spiro atoms. The van der Waals surface area contributed by atoms with Gasteiger partial charge in [0.1, 0.15) is 17.3 Å². The van der Waals surface area contributed by atoms with Crippen molar-refractivity contribution in [1.82, 2.24) is 14.8 Å². The number of hydrogen-bond acceptors (Lipinski definition) is 4. The highest BCUT2D eigenvalue weighted by Gasteiger charge is 2.12. The SMILES string of the molecule is Cn1cc(C#N)c(NC(=O)c2ccccn2)n1. The number of carbonyl (C=O) groups is 1. The summed E-state index contributed by atoms with van der Waals surface area (Å²) in [6.45, 7) is 0. The summed E-state index contributed by atoms with van der Waals surface area (Å²) >= 11 is 0. The Hall–Kier alpha value is -2.68. The van der Waals surface area contributed by atoms with E-state index in [4.69, 9.17) is 5.26 Å². The standard InChI is InChI=1S/C11H9N5O/c1-16-7-8(6-12)10(15-16)14-11(17)9-4-2-3-5-13-9/h2-5,7H,1H3,(H,14,15,17). The number of aromatic nitrogens is 3. The van der Waals surface area contributed by atoms with Crippen molar-refractivity contribution >= 4 is 11.7 Å². The van der Waals surface area contributed by atoms with Crippen LogP contribution in [-0.2, 0) is 7.05 Å². The summed E-state index contributed by atoms with van der Waals surface area (Å²) in [5.41, 5.74) is 0.596.